The number of hydrogen-bond acceptors (Lipinski definition) is 4. The molecule has 1 amide bonds. The van der Waals surface area contributed by atoms with E-state index >= 15 is 0 Å². The van der Waals surface area contributed by atoms with Crippen LogP contribution in [0.1, 0.15) is 11.1 Å². The molecule has 7 heteroatoms. The molecule has 0 bridgehead atoms. The number of nitrogens with zero attached hydrogens (tertiary/aromatic N) is 2. The summed E-state index contributed by atoms with van der Waals surface area (Å²) in [5, 5.41) is 3.94. The van der Waals surface area contributed by atoms with Gasteiger partial charge < -0.3 is 0 Å². The van der Waals surface area contributed by atoms with Gasteiger partial charge in [0.1, 0.15) is 6.54 Å². The highest BCUT2D eigenvalue weighted by atomic mass is 32.2. The van der Waals surface area contributed by atoms with Gasteiger partial charge >= 0.3 is 0 Å². The van der Waals surface area contributed by atoms with E-state index in [0.717, 1.165) is 15.4 Å². The van der Waals surface area contributed by atoms with Crippen molar-refractivity contribution in [2.45, 2.75) is 11.8 Å². The van der Waals surface area contributed by atoms with Gasteiger partial charge in [-0.25, -0.2) is 13.8 Å². The summed E-state index contributed by atoms with van der Waals surface area (Å²) in [7, 11) is -3.91. The molecule has 0 saturated heterocycles. The molecular formula is C22H21N3O3S. The van der Waals surface area contributed by atoms with Crippen LogP contribution in [0.4, 0.5) is 5.69 Å². The summed E-state index contributed by atoms with van der Waals surface area (Å²) < 4.78 is 27.3. The smallest absolute Gasteiger partial charge is 0.264 e. The Hall–Kier alpha value is -3.45. The molecule has 0 fully saturated rings. The third-order valence-corrected chi connectivity index (χ3v) is 5.90. The molecule has 0 radical (unpaired) electrons. The van der Waals surface area contributed by atoms with Crippen molar-refractivity contribution >= 4 is 27.8 Å². The number of anilines is 1. The first kappa shape index (κ1) is 20.3. The van der Waals surface area contributed by atoms with Crippen LogP contribution in [0, 0.1) is 6.92 Å². The Kier molecular flexibility index (Phi) is 6.41. The highest BCUT2D eigenvalue weighted by Gasteiger charge is 2.26. The summed E-state index contributed by atoms with van der Waals surface area (Å²) >= 11 is 0. The molecule has 148 valence electrons. The monoisotopic (exact) mass is 407 g/mol. The van der Waals surface area contributed by atoms with Crippen LogP contribution in [-0.4, -0.2) is 27.1 Å². The van der Waals surface area contributed by atoms with Gasteiger partial charge in [-0.1, -0.05) is 66.2 Å². The van der Waals surface area contributed by atoms with Gasteiger partial charge in [0.05, 0.1) is 16.8 Å². The van der Waals surface area contributed by atoms with Crippen molar-refractivity contribution in [3.05, 3.63) is 96.1 Å². The maximum atomic E-state index is 13.1. The van der Waals surface area contributed by atoms with Crippen LogP contribution in [0.3, 0.4) is 0 Å². The Balaban J connectivity index is 1.79. The van der Waals surface area contributed by atoms with E-state index in [1.165, 1.54) is 18.3 Å². The number of sulfonamides is 1. The Morgan fingerprint density at radius 3 is 2.28 bits per heavy atom. The maximum absolute atomic E-state index is 13.1. The molecule has 1 N–H and O–H groups in total. The van der Waals surface area contributed by atoms with Crippen molar-refractivity contribution in [3.63, 3.8) is 0 Å². The van der Waals surface area contributed by atoms with E-state index in [-0.39, 0.29) is 4.90 Å². The number of benzene rings is 3. The van der Waals surface area contributed by atoms with Crippen molar-refractivity contribution in [2.75, 3.05) is 10.8 Å². The summed E-state index contributed by atoms with van der Waals surface area (Å²) in [6, 6.07) is 24.2. The van der Waals surface area contributed by atoms with E-state index in [1.807, 2.05) is 31.2 Å². The fourth-order valence-corrected chi connectivity index (χ4v) is 4.17. The summed E-state index contributed by atoms with van der Waals surface area (Å²) in [6.07, 6.45) is 1.52. The molecular weight excluding hydrogens is 386 g/mol. The SMILES string of the molecule is Cc1cccc(C=NNC(=O)CN(c2ccccc2)S(=O)(=O)c2ccccc2)c1. The standard InChI is InChI=1S/C22H21N3O3S/c1-18-9-8-10-19(15-18)16-23-24-22(26)17-25(20-11-4-2-5-12-20)29(27,28)21-13-6-3-7-14-21/h2-16H,17H2,1H3,(H,24,26). The van der Waals surface area contributed by atoms with Crippen molar-refractivity contribution in [1.82, 2.24) is 5.43 Å². The van der Waals surface area contributed by atoms with E-state index in [0.29, 0.717) is 5.69 Å². The summed E-state index contributed by atoms with van der Waals surface area (Å²) in [6.45, 7) is 1.56. The minimum absolute atomic E-state index is 0.111. The van der Waals surface area contributed by atoms with E-state index in [1.54, 1.807) is 48.5 Å². The maximum Gasteiger partial charge on any atom is 0.264 e. The van der Waals surface area contributed by atoms with Gasteiger partial charge in [0.15, 0.2) is 0 Å². The van der Waals surface area contributed by atoms with Crippen molar-refractivity contribution < 1.29 is 13.2 Å². The van der Waals surface area contributed by atoms with Crippen LogP contribution in [0.25, 0.3) is 0 Å². The van der Waals surface area contributed by atoms with Gasteiger partial charge in [0.25, 0.3) is 15.9 Å². The normalized spacial score (nSPS) is 11.3. The highest BCUT2D eigenvalue weighted by Crippen LogP contribution is 2.23. The van der Waals surface area contributed by atoms with Crippen LogP contribution < -0.4 is 9.73 Å². The quantitative estimate of drug-likeness (QED) is 0.482. The lowest BCUT2D eigenvalue weighted by atomic mass is 10.2. The molecule has 3 rings (SSSR count). The van der Waals surface area contributed by atoms with Crippen molar-refractivity contribution in [2.24, 2.45) is 5.10 Å². The Morgan fingerprint density at radius 2 is 1.62 bits per heavy atom. The molecule has 0 aliphatic carbocycles. The molecule has 29 heavy (non-hydrogen) atoms. The van der Waals surface area contributed by atoms with Crippen LogP contribution >= 0.6 is 0 Å². The second-order valence-electron chi connectivity index (χ2n) is 6.37. The fraction of sp³-hybridized carbons (Fsp3) is 0.0909. The first-order valence-corrected chi connectivity index (χ1v) is 10.4. The van der Waals surface area contributed by atoms with Gasteiger partial charge in [0, 0.05) is 0 Å². The Bertz CT molecular complexity index is 1100. The zero-order valence-electron chi connectivity index (χ0n) is 15.9. The molecule has 0 aliphatic rings. The summed E-state index contributed by atoms with van der Waals surface area (Å²) in [5.74, 6) is -0.544. The average Bonchev–Trinajstić information content (AvgIpc) is 2.73. The summed E-state index contributed by atoms with van der Waals surface area (Å²) in [4.78, 5) is 12.5. The number of rotatable bonds is 7. The number of hydrogen-bond donors (Lipinski definition) is 1. The number of aryl methyl sites for hydroxylation is 1. The van der Waals surface area contributed by atoms with E-state index < -0.39 is 22.5 Å². The van der Waals surface area contributed by atoms with Gasteiger partial charge in [0.2, 0.25) is 0 Å². The Morgan fingerprint density at radius 1 is 0.966 bits per heavy atom. The molecule has 0 aromatic heterocycles. The number of carbonyl (C=O) groups is 1. The molecule has 3 aromatic carbocycles. The topological polar surface area (TPSA) is 78.8 Å². The molecule has 0 aliphatic heterocycles. The van der Waals surface area contributed by atoms with E-state index in [9.17, 15) is 13.2 Å². The third kappa shape index (κ3) is 5.30. The number of nitrogens with one attached hydrogen (secondary N) is 1. The van der Waals surface area contributed by atoms with Crippen LogP contribution in [0.15, 0.2) is 94.9 Å². The molecule has 0 unspecified atom stereocenters. The van der Waals surface area contributed by atoms with E-state index in [4.69, 9.17) is 0 Å². The second kappa shape index (κ2) is 9.16. The zero-order chi connectivity index (χ0) is 20.7. The number of hydrazone groups is 1. The molecule has 0 spiro atoms. The minimum Gasteiger partial charge on any atom is -0.271 e. The average molecular weight is 407 g/mol. The van der Waals surface area contributed by atoms with Crippen LogP contribution in [0.2, 0.25) is 0 Å². The minimum atomic E-state index is -3.91. The van der Waals surface area contributed by atoms with Crippen molar-refractivity contribution in [1.29, 1.82) is 0 Å². The second-order valence-corrected chi connectivity index (χ2v) is 8.23. The lowest BCUT2D eigenvalue weighted by Crippen LogP contribution is -2.39. The third-order valence-electron chi connectivity index (χ3n) is 4.11. The van der Waals surface area contributed by atoms with Crippen LogP contribution in [0.5, 0.6) is 0 Å². The number of para-hydroxylation sites is 1. The predicted molar refractivity (Wildman–Crippen MR) is 114 cm³/mol. The summed E-state index contributed by atoms with van der Waals surface area (Å²) in [5.41, 5.74) is 4.71. The number of amides is 1. The lowest BCUT2D eigenvalue weighted by Gasteiger charge is -2.23. The lowest BCUT2D eigenvalue weighted by molar-refractivity contribution is -0.119. The molecule has 0 atom stereocenters. The Labute approximate surface area is 170 Å². The zero-order valence-corrected chi connectivity index (χ0v) is 16.7. The van der Waals surface area contributed by atoms with Gasteiger partial charge in [-0.2, -0.15) is 5.10 Å². The first-order valence-electron chi connectivity index (χ1n) is 8.98. The fourth-order valence-electron chi connectivity index (χ4n) is 2.72. The number of carbonyl (C=O) groups excluding carboxylic acids is 1. The molecule has 3 aromatic rings. The predicted octanol–water partition coefficient (Wildman–Crippen LogP) is 3.34. The van der Waals surface area contributed by atoms with Crippen LogP contribution in [-0.2, 0) is 14.8 Å². The van der Waals surface area contributed by atoms with E-state index in [2.05, 4.69) is 10.5 Å². The molecule has 0 saturated carbocycles. The van der Waals surface area contributed by atoms with Crippen molar-refractivity contribution in [3.8, 4) is 0 Å². The molecule has 0 heterocycles. The first-order chi connectivity index (χ1) is 14.0. The highest BCUT2D eigenvalue weighted by molar-refractivity contribution is 7.92. The van der Waals surface area contributed by atoms with Gasteiger partial charge in [-0.05, 0) is 36.8 Å². The molecule has 6 nitrogen and oxygen atoms in total. The van der Waals surface area contributed by atoms with Gasteiger partial charge in [-0.3, -0.25) is 9.10 Å². The van der Waals surface area contributed by atoms with Gasteiger partial charge in [-0.15, -0.1) is 0 Å². The largest absolute Gasteiger partial charge is 0.271 e.